The van der Waals surface area contributed by atoms with Gasteiger partial charge in [-0.3, -0.25) is 0 Å². The number of benzene rings is 2. The van der Waals surface area contributed by atoms with Crippen LogP contribution >= 0.6 is 11.6 Å². The van der Waals surface area contributed by atoms with E-state index in [-0.39, 0.29) is 21.6 Å². The lowest BCUT2D eigenvalue weighted by Gasteiger charge is -2.11. The average molecular weight is 420 g/mol. The van der Waals surface area contributed by atoms with Crippen LogP contribution in [0, 0.1) is 0 Å². The van der Waals surface area contributed by atoms with E-state index in [1.807, 2.05) is 0 Å². The molecule has 28 heavy (non-hydrogen) atoms. The molecule has 0 saturated carbocycles. The second kappa shape index (κ2) is 7.53. The van der Waals surface area contributed by atoms with Gasteiger partial charge < -0.3 is 16.2 Å². The summed E-state index contributed by atoms with van der Waals surface area (Å²) in [7, 11) is -2.61. The van der Waals surface area contributed by atoms with E-state index in [9.17, 15) is 8.42 Å². The van der Waals surface area contributed by atoms with Gasteiger partial charge in [0.1, 0.15) is 10.6 Å². The Bertz CT molecular complexity index is 1210. The maximum atomic E-state index is 13.4. The summed E-state index contributed by atoms with van der Waals surface area (Å²) in [5.74, 6) is -0.00556. The Balaban J connectivity index is 2.29. The molecule has 0 aliphatic heterocycles. The Morgan fingerprint density at radius 1 is 1.14 bits per heavy atom. The quantitative estimate of drug-likeness (QED) is 0.373. The molecule has 146 valence electrons. The molecule has 3 aromatic rings. The molecule has 0 unspecified atom stereocenters. The molecule has 1 aromatic heterocycles. The Kier molecular flexibility index (Phi) is 5.30. The molecule has 0 fully saturated rings. The van der Waals surface area contributed by atoms with Gasteiger partial charge in [-0.1, -0.05) is 29.8 Å². The molecule has 0 bridgehead atoms. The second-order valence-electron chi connectivity index (χ2n) is 5.87. The van der Waals surface area contributed by atoms with E-state index in [2.05, 4.69) is 10.2 Å². The number of ether oxygens (including phenoxy) is 1. The van der Waals surface area contributed by atoms with E-state index in [1.54, 1.807) is 37.3 Å². The van der Waals surface area contributed by atoms with Gasteiger partial charge in [-0.2, -0.15) is 5.10 Å². The van der Waals surface area contributed by atoms with E-state index in [0.29, 0.717) is 22.2 Å². The summed E-state index contributed by atoms with van der Waals surface area (Å²) in [6, 6.07) is 11.5. The lowest BCUT2D eigenvalue weighted by atomic mass is 10.1. The number of hydrogen-bond acceptors (Lipinski definition) is 5. The van der Waals surface area contributed by atoms with Crippen molar-refractivity contribution in [1.29, 1.82) is 0 Å². The number of guanidine groups is 1. The van der Waals surface area contributed by atoms with Crippen molar-refractivity contribution in [3.05, 3.63) is 59.2 Å². The smallest absolute Gasteiger partial charge is 0.271 e. The summed E-state index contributed by atoms with van der Waals surface area (Å²) in [4.78, 5) is -0.0476. The molecule has 0 atom stereocenters. The van der Waals surface area contributed by atoms with Crippen molar-refractivity contribution in [2.75, 3.05) is 7.11 Å². The Labute approximate surface area is 167 Å². The molecule has 1 heterocycles. The third-order valence-corrected chi connectivity index (χ3v) is 5.98. The van der Waals surface area contributed by atoms with Crippen molar-refractivity contribution >= 4 is 44.2 Å². The second-order valence-corrected chi connectivity index (χ2v) is 8.09. The standard InChI is InChI=1S/C18H18ClN5O3S/c1-11(22-23-18(20)21)14-10-24(15-6-4-3-5-13(14)15)28(25,26)17-9-12(19)7-8-16(17)27-2/h3-10H,1-2H3,(H4,20,21,23). The van der Waals surface area contributed by atoms with Crippen LogP contribution in [-0.2, 0) is 10.0 Å². The van der Waals surface area contributed by atoms with Gasteiger partial charge in [0.25, 0.3) is 10.0 Å². The number of nitrogens with zero attached hydrogens (tertiary/aromatic N) is 3. The highest BCUT2D eigenvalue weighted by atomic mass is 35.5. The summed E-state index contributed by atoms with van der Waals surface area (Å²) >= 11 is 6.03. The predicted molar refractivity (Wildman–Crippen MR) is 111 cm³/mol. The van der Waals surface area contributed by atoms with Gasteiger partial charge in [-0.05, 0) is 31.2 Å². The topological polar surface area (TPSA) is 125 Å². The number of fused-ring (bicyclic) bond motifs is 1. The minimum atomic E-state index is -4.01. The minimum Gasteiger partial charge on any atom is -0.495 e. The van der Waals surface area contributed by atoms with Crippen LogP contribution in [0.3, 0.4) is 0 Å². The van der Waals surface area contributed by atoms with Gasteiger partial charge in [0.15, 0.2) is 0 Å². The van der Waals surface area contributed by atoms with Crippen LogP contribution in [0.1, 0.15) is 12.5 Å². The maximum absolute atomic E-state index is 13.4. The van der Waals surface area contributed by atoms with Crippen LogP contribution in [0.25, 0.3) is 10.9 Å². The fourth-order valence-corrected chi connectivity index (χ4v) is 4.57. The molecule has 4 N–H and O–H groups in total. The van der Waals surface area contributed by atoms with Crippen molar-refractivity contribution < 1.29 is 13.2 Å². The largest absolute Gasteiger partial charge is 0.495 e. The van der Waals surface area contributed by atoms with Gasteiger partial charge in [0, 0.05) is 22.2 Å². The number of methoxy groups -OCH3 is 1. The zero-order valence-corrected chi connectivity index (χ0v) is 16.7. The molecule has 0 aliphatic rings. The lowest BCUT2D eigenvalue weighted by molar-refractivity contribution is 0.402. The van der Waals surface area contributed by atoms with Gasteiger partial charge in [0.05, 0.1) is 18.3 Å². The van der Waals surface area contributed by atoms with Crippen molar-refractivity contribution in [3.63, 3.8) is 0 Å². The number of hydrogen-bond donors (Lipinski definition) is 2. The number of nitrogens with two attached hydrogens (primary N) is 2. The summed E-state index contributed by atoms with van der Waals surface area (Å²) in [6.45, 7) is 1.69. The maximum Gasteiger partial charge on any atom is 0.271 e. The summed E-state index contributed by atoms with van der Waals surface area (Å²) in [5, 5.41) is 8.56. The molecule has 10 heteroatoms. The number of aromatic nitrogens is 1. The Morgan fingerprint density at radius 2 is 1.86 bits per heavy atom. The van der Waals surface area contributed by atoms with Crippen LogP contribution in [0.2, 0.25) is 5.02 Å². The number of rotatable bonds is 5. The highest BCUT2D eigenvalue weighted by molar-refractivity contribution is 7.90. The first-order valence-electron chi connectivity index (χ1n) is 8.08. The van der Waals surface area contributed by atoms with Crippen molar-refractivity contribution in [3.8, 4) is 5.75 Å². The minimum absolute atomic E-state index is 0.0476. The monoisotopic (exact) mass is 419 g/mol. The average Bonchev–Trinajstić information content (AvgIpc) is 3.06. The van der Waals surface area contributed by atoms with Crippen molar-refractivity contribution in [1.82, 2.24) is 3.97 Å². The van der Waals surface area contributed by atoms with Crippen molar-refractivity contribution in [2.24, 2.45) is 21.7 Å². The number of para-hydroxylation sites is 1. The van der Waals surface area contributed by atoms with Gasteiger partial charge >= 0.3 is 0 Å². The van der Waals surface area contributed by atoms with Crippen molar-refractivity contribution in [2.45, 2.75) is 11.8 Å². The highest BCUT2D eigenvalue weighted by Gasteiger charge is 2.25. The third-order valence-electron chi connectivity index (χ3n) is 4.05. The first kappa shape index (κ1) is 19.7. The van der Waals surface area contributed by atoms with E-state index < -0.39 is 10.0 Å². The van der Waals surface area contributed by atoms with Crippen LogP contribution in [0.5, 0.6) is 5.75 Å². The van der Waals surface area contributed by atoms with Gasteiger partial charge in [-0.25, -0.2) is 12.4 Å². The normalized spacial score (nSPS) is 12.2. The first-order valence-corrected chi connectivity index (χ1v) is 9.90. The Hall–Kier alpha value is -3.04. The summed E-state index contributed by atoms with van der Waals surface area (Å²) in [6.07, 6.45) is 1.47. The zero-order chi connectivity index (χ0) is 20.5. The third kappa shape index (κ3) is 3.54. The SMILES string of the molecule is COc1ccc(Cl)cc1S(=O)(=O)n1cc(C(C)=NN=C(N)N)c2ccccc21. The molecule has 2 aromatic carbocycles. The molecule has 3 rings (SSSR count). The molecule has 0 saturated heterocycles. The summed E-state index contributed by atoms with van der Waals surface area (Å²) < 4.78 is 33.2. The fourth-order valence-electron chi connectivity index (χ4n) is 2.78. The van der Waals surface area contributed by atoms with E-state index >= 15 is 0 Å². The van der Waals surface area contributed by atoms with E-state index in [4.69, 9.17) is 27.8 Å². The molecule has 0 amide bonds. The van der Waals surface area contributed by atoms with Crippen LogP contribution in [0.15, 0.2) is 63.8 Å². The zero-order valence-electron chi connectivity index (χ0n) is 15.1. The molecule has 0 aliphatic carbocycles. The summed E-state index contributed by atoms with van der Waals surface area (Å²) in [5.41, 5.74) is 12.1. The highest BCUT2D eigenvalue weighted by Crippen LogP contribution is 2.32. The van der Waals surface area contributed by atoms with Gasteiger partial charge in [0.2, 0.25) is 5.96 Å². The van der Waals surface area contributed by atoms with Crippen LogP contribution in [-0.4, -0.2) is 31.2 Å². The van der Waals surface area contributed by atoms with Crippen LogP contribution < -0.4 is 16.2 Å². The number of halogens is 1. The molecular formula is C18H18ClN5O3S. The predicted octanol–water partition coefficient (Wildman–Crippen LogP) is 2.54. The first-order chi connectivity index (χ1) is 13.3. The lowest BCUT2D eigenvalue weighted by Crippen LogP contribution is -2.22. The molecular weight excluding hydrogens is 402 g/mol. The molecule has 8 nitrogen and oxygen atoms in total. The van der Waals surface area contributed by atoms with Crippen LogP contribution in [0.4, 0.5) is 0 Å². The molecule has 0 spiro atoms. The molecule has 0 radical (unpaired) electrons. The Morgan fingerprint density at radius 3 is 2.54 bits per heavy atom. The van der Waals surface area contributed by atoms with Gasteiger partial charge in [-0.15, -0.1) is 5.10 Å². The van der Waals surface area contributed by atoms with E-state index in [0.717, 1.165) is 0 Å². The van der Waals surface area contributed by atoms with E-state index in [1.165, 1.54) is 29.4 Å². The fraction of sp³-hybridized carbons (Fsp3) is 0.111.